The minimum atomic E-state index is -0.122. The average molecular weight is 309 g/mol. The number of nitrogens with two attached hydrogens (primary N) is 3. The second-order valence-corrected chi connectivity index (χ2v) is 5.45. The summed E-state index contributed by atoms with van der Waals surface area (Å²) in [6.07, 6.45) is 4.97. The van der Waals surface area contributed by atoms with Crippen molar-refractivity contribution in [2.75, 3.05) is 18.0 Å². The van der Waals surface area contributed by atoms with Gasteiger partial charge in [0, 0.05) is 13.1 Å². The number of nitrogens with zero attached hydrogens (tertiary/aromatic N) is 3. The molecule has 0 bridgehead atoms. The van der Waals surface area contributed by atoms with Crippen molar-refractivity contribution in [3.8, 4) is 0 Å². The predicted molar refractivity (Wildman–Crippen MR) is 89.2 cm³/mol. The summed E-state index contributed by atoms with van der Waals surface area (Å²) in [5, 5.41) is 0.663. The summed E-state index contributed by atoms with van der Waals surface area (Å²) in [4.78, 5) is 10.1. The van der Waals surface area contributed by atoms with Crippen molar-refractivity contribution in [3.63, 3.8) is 0 Å². The Hall–Kier alpha value is -1.95. The van der Waals surface area contributed by atoms with Crippen molar-refractivity contribution in [1.29, 1.82) is 0 Å². The van der Waals surface area contributed by atoms with Gasteiger partial charge in [-0.1, -0.05) is 24.4 Å². The topological polar surface area (TPSA) is 106 Å². The minimum absolute atomic E-state index is 0.00795. The fourth-order valence-electron chi connectivity index (χ4n) is 2.42. The quantitative estimate of drug-likeness (QED) is 0.573. The van der Waals surface area contributed by atoms with Crippen LogP contribution in [0.15, 0.2) is 28.2 Å². The lowest BCUT2D eigenvalue weighted by Crippen LogP contribution is -2.26. The number of guanidine groups is 2. The molecule has 0 saturated carbocycles. The van der Waals surface area contributed by atoms with E-state index in [9.17, 15) is 0 Å². The molecule has 114 valence electrons. The zero-order chi connectivity index (χ0) is 15.2. The fourth-order valence-corrected chi connectivity index (χ4v) is 2.72. The lowest BCUT2D eigenvalue weighted by atomic mass is 10.2. The van der Waals surface area contributed by atoms with Crippen molar-refractivity contribution in [3.05, 3.63) is 23.2 Å². The lowest BCUT2D eigenvalue weighted by molar-refractivity contribution is 0.726. The third-order valence-electron chi connectivity index (χ3n) is 3.37. The van der Waals surface area contributed by atoms with Gasteiger partial charge in [-0.2, -0.15) is 4.99 Å². The van der Waals surface area contributed by atoms with E-state index in [0.29, 0.717) is 10.7 Å². The molecule has 1 aromatic rings. The van der Waals surface area contributed by atoms with Crippen LogP contribution in [0.3, 0.4) is 0 Å². The molecule has 1 aliphatic heterocycles. The van der Waals surface area contributed by atoms with Gasteiger partial charge in [0.25, 0.3) is 0 Å². The Bertz CT molecular complexity index is 542. The van der Waals surface area contributed by atoms with Crippen LogP contribution in [0.2, 0.25) is 5.02 Å². The summed E-state index contributed by atoms with van der Waals surface area (Å²) in [6.45, 7) is 2.08. The molecule has 21 heavy (non-hydrogen) atoms. The number of hydrogen-bond acceptors (Lipinski definition) is 2. The van der Waals surface area contributed by atoms with Crippen molar-refractivity contribution in [1.82, 2.24) is 0 Å². The Morgan fingerprint density at radius 2 is 1.71 bits per heavy atom. The third kappa shape index (κ3) is 4.53. The maximum absolute atomic E-state index is 6.37. The number of benzene rings is 1. The Labute approximate surface area is 129 Å². The van der Waals surface area contributed by atoms with E-state index in [-0.39, 0.29) is 11.9 Å². The van der Waals surface area contributed by atoms with Crippen molar-refractivity contribution >= 4 is 34.9 Å². The lowest BCUT2D eigenvalue weighted by Gasteiger charge is -2.23. The largest absolute Gasteiger partial charge is 0.370 e. The minimum Gasteiger partial charge on any atom is -0.370 e. The summed E-state index contributed by atoms with van der Waals surface area (Å²) < 4.78 is 0. The highest BCUT2D eigenvalue weighted by Gasteiger charge is 2.13. The Kier molecular flexibility index (Phi) is 5.27. The molecule has 6 N–H and O–H groups in total. The number of hydrogen-bond donors (Lipinski definition) is 3. The molecular weight excluding hydrogens is 288 g/mol. The molecule has 1 aromatic carbocycles. The van der Waals surface area contributed by atoms with Crippen LogP contribution in [0, 0.1) is 0 Å². The Balaban J connectivity index is 2.19. The summed E-state index contributed by atoms with van der Waals surface area (Å²) in [7, 11) is 0. The molecule has 0 spiro atoms. The first-order chi connectivity index (χ1) is 10.1. The predicted octanol–water partition coefficient (Wildman–Crippen LogP) is 1.94. The highest BCUT2D eigenvalue weighted by molar-refractivity contribution is 6.33. The van der Waals surface area contributed by atoms with E-state index in [4.69, 9.17) is 28.8 Å². The van der Waals surface area contributed by atoms with Crippen LogP contribution < -0.4 is 22.1 Å². The first-order valence-corrected chi connectivity index (χ1v) is 7.42. The Morgan fingerprint density at radius 3 is 2.29 bits per heavy atom. The van der Waals surface area contributed by atoms with Gasteiger partial charge >= 0.3 is 0 Å². The molecular formula is C14H21ClN6. The number of halogens is 1. The molecule has 1 fully saturated rings. The maximum Gasteiger partial charge on any atom is 0.223 e. The van der Waals surface area contributed by atoms with Gasteiger partial charge in [-0.25, -0.2) is 4.99 Å². The maximum atomic E-state index is 6.37. The van der Waals surface area contributed by atoms with Gasteiger partial charge in [0.05, 0.1) is 16.4 Å². The highest BCUT2D eigenvalue weighted by atomic mass is 35.5. The van der Waals surface area contributed by atoms with E-state index in [0.717, 1.165) is 18.8 Å². The molecule has 1 aliphatic rings. The first kappa shape index (κ1) is 15.4. The second kappa shape index (κ2) is 7.17. The van der Waals surface area contributed by atoms with E-state index >= 15 is 0 Å². The molecule has 1 saturated heterocycles. The summed E-state index contributed by atoms with van der Waals surface area (Å²) >= 11 is 6.37. The third-order valence-corrected chi connectivity index (χ3v) is 3.67. The van der Waals surface area contributed by atoms with Crippen molar-refractivity contribution < 1.29 is 0 Å². The van der Waals surface area contributed by atoms with E-state index in [1.54, 1.807) is 6.07 Å². The number of rotatable bonds is 2. The molecule has 0 atom stereocenters. The average Bonchev–Trinajstić information content (AvgIpc) is 2.66. The molecule has 1 heterocycles. The van der Waals surface area contributed by atoms with E-state index in [2.05, 4.69) is 14.9 Å². The van der Waals surface area contributed by atoms with Gasteiger partial charge < -0.3 is 22.1 Å². The van der Waals surface area contributed by atoms with Crippen LogP contribution in [0.1, 0.15) is 25.7 Å². The number of aliphatic imine (C=N–C) groups is 2. The van der Waals surface area contributed by atoms with Crippen LogP contribution in [-0.4, -0.2) is 25.0 Å². The van der Waals surface area contributed by atoms with Crippen molar-refractivity contribution in [2.45, 2.75) is 25.7 Å². The van der Waals surface area contributed by atoms with Gasteiger partial charge in [0.2, 0.25) is 5.96 Å². The summed E-state index contributed by atoms with van der Waals surface area (Å²) in [6, 6.07) is 5.60. The Morgan fingerprint density at radius 1 is 1.05 bits per heavy atom. The van der Waals surface area contributed by atoms with Crippen LogP contribution in [-0.2, 0) is 0 Å². The van der Waals surface area contributed by atoms with Crippen molar-refractivity contribution in [2.24, 2.45) is 27.2 Å². The zero-order valence-electron chi connectivity index (χ0n) is 11.9. The molecule has 0 aliphatic carbocycles. The summed E-state index contributed by atoms with van der Waals surface area (Å²) in [5.74, 6) is -0.114. The van der Waals surface area contributed by atoms with E-state index in [1.807, 2.05) is 12.1 Å². The van der Waals surface area contributed by atoms with Crippen LogP contribution in [0.5, 0.6) is 0 Å². The molecule has 2 rings (SSSR count). The van der Waals surface area contributed by atoms with Gasteiger partial charge in [-0.05, 0) is 31.0 Å². The molecule has 7 heteroatoms. The first-order valence-electron chi connectivity index (χ1n) is 7.04. The SMILES string of the molecule is NC(N)=NC(N)=Nc1ccc(N2CCCCCC2)c(Cl)c1. The van der Waals surface area contributed by atoms with Gasteiger partial charge in [-0.3, -0.25) is 0 Å². The summed E-state index contributed by atoms with van der Waals surface area (Å²) in [5.41, 5.74) is 17.8. The van der Waals surface area contributed by atoms with Crippen LogP contribution >= 0.6 is 11.6 Å². The van der Waals surface area contributed by atoms with Gasteiger partial charge in [0.15, 0.2) is 5.96 Å². The molecule has 0 amide bonds. The van der Waals surface area contributed by atoms with Gasteiger partial charge in [0.1, 0.15) is 0 Å². The molecule has 0 radical (unpaired) electrons. The zero-order valence-corrected chi connectivity index (χ0v) is 12.7. The monoisotopic (exact) mass is 308 g/mol. The normalized spacial score (nSPS) is 16.4. The van der Waals surface area contributed by atoms with E-state index < -0.39 is 0 Å². The van der Waals surface area contributed by atoms with Crippen LogP contribution in [0.25, 0.3) is 0 Å². The van der Waals surface area contributed by atoms with E-state index in [1.165, 1.54) is 25.7 Å². The fraction of sp³-hybridized carbons (Fsp3) is 0.429. The molecule has 0 aromatic heterocycles. The molecule has 0 unspecified atom stereocenters. The number of anilines is 1. The standard InChI is InChI=1S/C14H21ClN6/c15-11-9-10(19-14(18)20-13(16)17)5-6-12(11)21-7-3-1-2-4-8-21/h5-6,9H,1-4,7-8H2,(H6,16,17,18,19,20). The van der Waals surface area contributed by atoms with Gasteiger partial charge in [-0.15, -0.1) is 0 Å². The smallest absolute Gasteiger partial charge is 0.223 e. The highest BCUT2D eigenvalue weighted by Crippen LogP contribution is 2.31. The van der Waals surface area contributed by atoms with Crippen LogP contribution in [0.4, 0.5) is 11.4 Å². The second-order valence-electron chi connectivity index (χ2n) is 5.04. The molecule has 6 nitrogen and oxygen atoms in total.